The molecule has 0 fully saturated rings. The van der Waals surface area contributed by atoms with Gasteiger partial charge >= 0.3 is 0 Å². The number of carbonyl (C=O) groups excluding carboxylic acids is 1. The number of anilines is 1. The van der Waals surface area contributed by atoms with E-state index in [1.807, 2.05) is 37.3 Å². The molecule has 1 aromatic carbocycles. The van der Waals surface area contributed by atoms with Crippen LogP contribution in [0.25, 0.3) is 0 Å². The van der Waals surface area contributed by atoms with Crippen molar-refractivity contribution in [2.45, 2.75) is 13.8 Å². The molecule has 0 amide bonds. The zero-order valence-corrected chi connectivity index (χ0v) is 10.7. The summed E-state index contributed by atoms with van der Waals surface area (Å²) in [7, 11) is 0. The zero-order chi connectivity index (χ0) is 13.1. The molecule has 1 N–H and O–H groups in total. The summed E-state index contributed by atoms with van der Waals surface area (Å²) in [4.78, 5) is 13.7. The highest BCUT2D eigenvalue weighted by atomic mass is 16.3. The van der Waals surface area contributed by atoms with Crippen LogP contribution >= 0.6 is 0 Å². The number of rotatable bonds is 3. The summed E-state index contributed by atoms with van der Waals surface area (Å²) >= 11 is 0. The van der Waals surface area contributed by atoms with Gasteiger partial charge in [0.05, 0.1) is 6.61 Å². The average molecular weight is 243 g/mol. The molecule has 1 heterocycles. The van der Waals surface area contributed by atoms with Gasteiger partial charge in [-0.05, 0) is 37.6 Å². The van der Waals surface area contributed by atoms with Crippen molar-refractivity contribution in [1.82, 2.24) is 0 Å². The number of ketones is 1. The molecule has 0 unspecified atom stereocenters. The lowest BCUT2D eigenvalue weighted by atomic mass is 10.0. The summed E-state index contributed by atoms with van der Waals surface area (Å²) < 4.78 is 0. The minimum atomic E-state index is -0.0204. The molecule has 1 aromatic rings. The fourth-order valence-electron chi connectivity index (χ4n) is 2.17. The summed E-state index contributed by atoms with van der Waals surface area (Å²) in [6, 6.07) is 9.89. The third-order valence-corrected chi connectivity index (χ3v) is 3.15. The Labute approximate surface area is 107 Å². The quantitative estimate of drug-likeness (QED) is 0.885. The van der Waals surface area contributed by atoms with Crippen molar-refractivity contribution >= 4 is 11.5 Å². The van der Waals surface area contributed by atoms with Crippen LogP contribution in [0, 0.1) is 0 Å². The van der Waals surface area contributed by atoms with Crippen LogP contribution in [-0.2, 0) is 4.79 Å². The Bertz CT molecular complexity index is 515. The Balaban J connectivity index is 2.45. The highest BCUT2D eigenvalue weighted by molar-refractivity contribution is 5.98. The van der Waals surface area contributed by atoms with E-state index in [0.29, 0.717) is 12.1 Å². The molecule has 0 radical (unpaired) electrons. The highest BCUT2D eigenvalue weighted by Gasteiger charge is 2.20. The van der Waals surface area contributed by atoms with E-state index in [9.17, 15) is 9.90 Å². The second-order valence-corrected chi connectivity index (χ2v) is 4.44. The van der Waals surface area contributed by atoms with Crippen LogP contribution in [0.4, 0.5) is 5.69 Å². The van der Waals surface area contributed by atoms with E-state index in [-0.39, 0.29) is 12.4 Å². The first-order valence-electron chi connectivity index (χ1n) is 5.98. The van der Waals surface area contributed by atoms with Crippen molar-refractivity contribution in [1.29, 1.82) is 0 Å². The van der Waals surface area contributed by atoms with E-state index in [4.69, 9.17) is 0 Å². The third-order valence-electron chi connectivity index (χ3n) is 3.15. The highest BCUT2D eigenvalue weighted by Crippen LogP contribution is 2.27. The third kappa shape index (κ3) is 2.36. The van der Waals surface area contributed by atoms with E-state index >= 15 is 0 Å². The number of aliphatic hydroxyl groups excluding tert-OH is 1. The average Bonchev–Trinajstić information content (AvgIpc) is 2.39. The van der Waals surface area contributed by atoms with Crippen LogP contribution < -0.4 is 4.90 Å². The molecular weight excluding hydrogens is 226 g/mol. The Kier molecular flexibility index (Phi) is 3.63. The normalized spacial score (nSPS) is 15.7. The maximum absolute atomic E-state index is 11.6. The lowest BCUT2D eigenvalue weighted by molar-refractivity contribution is -0.113. The second-order valence-electron chi connectivity index (χ2n) is 4.44. The summed E-state index contributed by atoms with van der Waals surface area (Å²) in [6.45, 7) is 4.10. The van der Waals surface area contributed by atoms with Crippen molar-refractivity contribution in [2.24, 2.45) is 0 Å². The van der Waals surface area contributed by atoms with Crippen molar-refractivity contribution in [3.05, 3.63) is 53.3 Å². The van der Waals surface area contributed by atoms with Gasteiger partial charge in [-0.15, -0.1) is 0 Å². The van der Waals surface area contributed by atoms with Gasteiger partial charge in [-0.1, -0.05) is 18.2 Å². The van der Waals surface area contributed by atoms with Crippen LogP contribution in [0.3, 0.4) is 0 Å². The summed E-state index contributed by atoms with van der Waals surface area (Å²) in [5.41, 5.74) is 3.50. The Hall–Kier alpha value is -1.87. The molecule has 1 aliphatic rings. The van der Waals surface area contributed by atoms with Crippen molar-refractivity contribution in [3.63, 3.8) is 0 Å². The summed E-state index contributed by atoms with van der Waals surface area (Å²) in [5.74, 6) is 0.0269. The van der Waals surface area contributed by atoms with Gasteiger partial charge in [0.2, 0.25) is 0 Å². The molecule has 0 aliphatic carbocycles. The first-order chi connectivity index (χ1) is 8.63. The first kappa shape index (κ1) is 12.6. The van der Waals surface area contributed by atoms with E-state index in [1.165, 1.54) is 0 Å². The van der Waals surface area contributed by atoms with Crippen LogP contribution in [0.15, 0.2) is 53.3 Å². The predicted octanol–water partition coefficient (Wildman–Crippen LogP) is 2.29. The molecular formula is C15H17NO2. The lowest BCUT2D eigenvalue weighted by Crippen LogP contribution is -2.30. The fourth-order valence-corrected chi connectivity index (χ4v) is 2.17. The zero-order valence-electron chi connectivity index (χ0n) is 10.7. The SMILES string of the molecule is CC(=O)C1=C(C)N(c2ccccc2)CC(CO)=C1. The minimum Gasteiger partial charge on any atom is -0.392 e. The smallest absolute Gasteiger partial charge is 0.161 e. The largest absolute Gasteiger partial charge is 0.392 e. The lowest BCUT2D eigenvalue weighted by Gasteiger charge is -2.31. The maximum Gasteiger partial charge on any atom is 0.161 e. The van der Waals surface area contributed by atoms with Crippen molar-refractivity contribution < 1.29 is 9.90 Å². The molecule has 0 saturated carbocycles. The van der Waals surface area contributed by atoms with Crippen molar-refractivity contribution in [3.8, 4) is 0 Å². The van der Waals surface area contributed by atoms with Gasteiger partial charge in [-0.2, -0.15) is 0 Å². The Morgan fingerprint density at radius 1 is 1.33 bits per heavy atom. The summed E-state index contributed by atoms with van der Waals surface area (Å²) in [5, 5.41) is 9.31. The molecule has 3 nitrogen and oxygen atoms in total. The molecule has 0 aromatic heterocycles. The van der Waals surface area contributed by atoms with E-state index in [0.717, 1.165) is 17.0 Å². The number of carbonyl (C=O) groups is 1. The number of para-hydroxylation sites is 1. The van der Waals surface area contributed by atoms with Gasteiger partial charge in [-0.3, -0.25) is 4.79 Å². The van der Waals surface area contributed by atoms with E-state index in [1.54, 1.807) is 13.0 Å². The topological polar surface area (TPSA) is 40.5 Å². The molecule has 3 heteroatoms. The van der Waals surface area contributed by atoms with Gasteiger partial charge in [-0.25, -0.2) is 0 Å². The van der Waals surface area contributed by atoms with E-state index < -0.39 is 0 Å². The van der Waals surface area contributed by atoms with Gasteiger partial charge in [0.25, 0.3) is 0 Å². The second kappa shape index (κ2) is 5.19. The van der Waals surface area contributed by atoms with Gasteiger partial charge < -0.3 is 10.0 Å². The van der Waals surface area contributed by atoms with Crippen LogP contribution in [0.2, 0.25) is 0 Å². The Morgan fingerprint density at radius 2 is 2.00 bits per heavy atom. The van der Waals surface area contributed by atoms with Crippen LogP contribution in [0.1, 0.15) is 13.8 Å². The molecule has 94 valence electrons. The molecule has 0 spiro atoms. The Morgan fingerprint density at radius 3 is 2.56 bits per heavy atom. The predicted molar refractivity (Wildman–Crippen MR) is 72.3 cm³/mol. The first-order valence-corrected chi connectivity index (χ1v) is 5.98. The monoisotopic (exact) mass is 243 g/mol. The summed E-state index contributed by atoms with van der Waals surface area (Å²) in [6.07, 6.45) is 1.80. The van der Waals surface area contributed by atoms with Crippen molar-refractivity contribution in [2.75, 3.05) is 18.1 Å². The van der Waals surface area contributed by atoms with Gasteiger partial charge in [0.1, 0.15) is 0 Å². The van der Waals surface area contributed by atoms with E-state index in [2.05, 4.69) is 4.90 Å². The minimum absolute atomic E-state index is 0.0204. The number of aliphatic hydroxyl groups is 1. The number of hydrogen-bond acceptors (Lipinski definition) is 3. The molecule has 0 atom stereocenters. The molecule has 18 heavy (non-hydrogen) atoms. The molecule has 1 aliphatic heterocycles. The number of hydrogen-bond donors (Lipinski definition) is 1. The molecule has 0 bridgehead atoms. The molecule has 0 saturated heterocycles. The standard InChI is InChI=1S/C15H17NO2/c1-11-15(12(2)18)8-13(10-17)9-16(11)14-6-4-3-5-7-14/h3-8,17H,9-10H2,1-2H3. The number of benzene rings is 1. The fraction of sp³-hybridized carbons (Fsp3) is 0.267. The van der Waals surface area contributed by atoms with Gasteiger partial charge in [0.15, 0.2) is 5.78 Å². The number of allylic oxidation sites excluding steroid dienone is 3. The maximum atomic E-state index is 11.6. The van der Waals surface area contributed by atoms with Crippen LogP contribution in [0.5, 0.6) is 0 Å². The number of Topliss-reactive ketones (excluding diaryl/α,β-unsaturated/α-hetero) is 1. The van der Waals surface area contributed by atoms with Crippen LogP contribution in [-0.4, -0.2) is 24.0 Å². The number of nitrogens with zero attached hydrogens (tertiary/aromatic N) is 1. The van der Waals surface area contributed by atoms with Gasteiger partial charge in [0, 0.05) is 23.5 Å². The molecule has 2 rings (SSSR count).